The summed E-state index contributed by atoms with van der Waals surface area (Å²) in [6.07, 6.45) is 4.90. The second-order valence-electron chi connectivity index (χ2n) is 6.86. The van der Waals surface area contributed by atoms with Crippen LogP contribution in [-0.2, 0) is 20.1 Å². The molecule has 2 aromatic carbocycles. The fourth-order valence-corrected chi connectivity index (χ4v) is 2.78. The van der Waals surface area contributed by atoms with E-state index in [1.54, 1.807) is 32.4 Å². The third kappa shape index (κ3) is 7.61. The zero-order chi connectivity index (χ0) is 19.8. The first-order valence-corrected chi connectivity index (χ1v) is 9.08. The van der Waals surface area contributed by atoms with Gasteiger partial charge in [0.25, 0.3) is 0 Å². The maximum atomic E-state index is 8.56. The molecule has 0 saturated heterocycles. The maximum absolute atomic E-state index is 8.56. The molecule has 1 aromatic heterocycles. The van der Waals surface area contributed by atoms with Crippen molar-refractivity contribution in [2.75, 3.05) is 0 Å². The predicted octanol–water partition coefficient (Wildman–Crippen LogP) is 4.36. The molecule has 28 heavy (non-hydrogen) atoms. The molecule has 151 valence electrons. The third-order valence-corrected chi connectivity index (χ3v) is 3.92. The van der Waals surface area contributed by atoms with Crippen LogP contribution in [0.5, 0.6) is 0 Å². The van der Waals surface area contributed by atoms with Gasteiger partial charge in [-0.15, -0.1) is 29.3 Å². The Balaban J connectivity index is 0.000000425. The van der Waals surface area contributed by atoms with Gasteiger partial charge in [0.2, 0.25) is 0 Å². The Morgan fingerprint density at radius 3 is 2.25 bits per heavy atom. The van der Waals surface area contributed by atoms with Crippen LogP contribution in [0.1, 0.15) is 31.4 Å². The van der Waals surface area contributed by atoms with Crippen LogP contribution in [-0.4, -0.2) is 32.4 Å². The normalized spacial score (nSPS) is 12.2. The fourth-order valence-electron chi connectivity index (χ4n) is 2.78. The van der Waals surface area contributed by atoms with Gasteiger partial charge in [-0.25, -0.2) is 0 Å². The van der Waals surface area contributed by atoms with Crippen molar-refractivity contribution in [1.29, 1.82) is 0 Å². The zero-order valence-electron chi connectivity index (χ0n) is 16.7. The summed E-state index contributed by atoms with van der Waals surface area (Å²) in [5.41, 5.74) is 6.61. The molecule has 0 amide bonds. The van der Waals surface area contributed by atoms with E-state index in [-0.39, 0.29) is 32.3 Å². The van der Waals surface area contributed by atoms with Gasteiger partial charge in [0.1, 0.15) is 0 Å². The average molecular weight is 556 g/mol. The van der Waals surface area contributed by atoms with Crippen molar-refractivity contribution in [3.63, 3.8) is 0 Å². The molecule has 0 aliphatic carbocycles. The molecule has 0 aliphatic rings. The molecule has 3 rings (SSSR count). The quantitative estimate of drug-likeness (QED) is 0.470. The molecular formula is C23H27IrN2O2-. The minimum Gasteiger partial charge on any atom is -0.393 e. The number of nitrogens with zero attached hydrogens (tertiary/aromatic N) is 2. The Labute approximate surface area is 181 Å². The molecule has 2 atom stereocenters. The second kappa shape index (κ2) is 11.8. The SMILES string of the molecule is CC(O)CC(C)O.Cc1cccc(-c2cc(C)c[c-]c2-c2cnccn2)c1.[Ir]. The van der Waals surface area contributed by atoms with Crippen molar-refractivity contribution in [1.82, 2.24) is 9.97 Å². The Morgan fingerprint density at radius 1 is 1.00 bits per heavy atom. The van der Waals surface area contributed by atoms with Crippen molar-refractivity contribution < 1.29 is 30.3 Å². The summed E-state index contributed by atoms with van der Waals surface area (Å²) < 4.78 is 0. The summed E-state index contributed by atoms with van der Waals surface area (Å²) in [7, 11) is 0. The summed E-state index contributed by atoms with van der Waals surface area (Å²) in [6.45, 7) is 7.50. The monoisotopic (exact) mass is 556 g/mol. The number of aliphatic hydroxyl groups excluding tert-OH is 2. The van der Waals surface area contributed by atoms with Gasteiger partial charge in [-0.1, -0.05) is 47.9 Å². The van der Waals surface area contributed by atoms with Crippen LogP contribution < -0.4 is 0 Å². The topological polar surface area (TPSA) is 66.2 Å². The van der Waals surface area contributed by atoms with Gasteiger partial charge < -0.3 is 15.2 Å². The van der Waals surface area contributed by atoms with Gasteiger partial charge in [-0.2, -0.15) is 0 Å². The average Bonchev–Trinajstić information content (AvgIpc) is 2.62. The zero-order valence-corrected chi connectivity index (χ0v) is 19.1. The van der Waals surface area contributed by atoms with E-state index in [1.165, 1.54) is 16.7 Å². The molecule has 2 unspecified atom stereocenters. The third-order valence-electron chi connectivity index (χ3n) is 3.92. The van der Waals surface area contributed by atoms with Crippen LogP contribution in [0.15, 0.2) is 55.0 Å². The van der Waals surface area contributed by atoms with Crippen molar-refractivity contribution in [2.45, 2.75) is 46.3 Å². The Kier molecular flexibility index (Phi) is 10.2. The number of benzene rings is 2. The van der Waals surface area contributed by atoms with E-state index < -0.39 is 0 Å². The fraction of sp³-hybridized carbons (Fsp3) is 0.304. The standard InChI is InChI=1S/C18H15N2.C5H12O2.Ir/c1-13-4-3-5-15(10-13)17-11-14(2)6-7-16(17)18-12-19-8-9-20-18;1-4(6)3-5(2)7;/h3-6,8-12H,1-2H3;4-7H,3H2,1-2H3;/q-1;;. The number of hydrogen-bond acceptors (Lipinski definition) is 4. The number of rotatable bonds is 4. The van der Waals surface area contributed by atoms with Crippen molar-refractivity contribution in [3.8, 4) is 22.4 Å². The Bertz CT molecular complexity index is 846. The molecule has 2 N–H and O–H groups in total. The van der Waals surface area contributed by atoms with Gasteiger partial charge in [-0.3, -0.25) is 4.98 Å². The Hall–Kier alpha value is -1.91. The molecule has 0 spiro atoms. The maximum Gasteiger partial charge on any atom is 0.0536 e. The molecule has 1 heterocycles. The number of aliphatic hydroxyl groups is 2. The predicted molar refractivity (Wildman–Crippen MR) is 109 cm³/mol. The Morgan fingerprint density at radius 2 is 1.71 bits per heavy atom. The van der Waals surface area contributed by atoms with Crippen LogP contribution in [0.4, 0.5) is 0 Å². The minimum absolute atomic E-state index is 0. The molecule has 4 nitrogen and oxygen atoms in total. The molecule has 0 fully saturated rings. The first-order chi connectivity index (χ1) is 12.9. The van der Waals surface area contributed by atoms with Gasteiger partial charge in [-0.05, 0) is 27.2 Å². The number of aromatic nitrogens is 2. The van der Waals surface area contributed by atoms with Crippen LogP contribution in [0.2, 0.25) is 0 Å². The van der Waals surface area contributed by atoms with Gasteiger partial charge in [0.05, 0.1) is 12.2 Å². The molecule has 0 aliphatic heterocycles. The summed E-state index contributed by atoms with van der Waals surface area (Å²) in [5, 5.41) is 17.1. The van der Waals surface area contributed by atoms with E-state index in [0.717, 1.165) is 16.8 Å². The second-order valence-corrected chi connectivity index (χ2v) is 6.86. The van der Waals surface area contributed by atoms with Gasteiger partial charge >= 0.3 is 0 Å². The van der Waals surface area contributed by atoms with Gasteiger partial charge in [0.15, 0.2) is 0 Å². The van der Waals surface area contributed by atoms with Crippen LogP contribution in [0, 0.1) is 19.9 Å². The van der Waals surface area contributed by atoms with Crippen molar-refractivity contribution in [3.05, 3.63) is 72.2 Å². The summed E-state index contributed by atoms with van der Waals surface area (Å²) in [5.74, 6) is 0. The minimum atomic E-state index is -0.375. The van der Waals surface area contributed by atoms with E-state index in [2.05, 4.69) is 60.2 Å². The van der Waals surface area contributed by atoms with Crippen molar-refractivity contribution >= 4 is 0 Å². The molecule has 5 heteroatoms. The first-order valence-electron chi connectivity index (χ1n) is 9.08. The summed E-state index contributed by atoms with van der Waals surface area (Å²) in [6, 6.07) is 16.0. The van der Waals surface area contributed by atoms with Gasteiger partial charge in [0, 0.05) is 44.4 Å². The summed E-state index contributed by atoms with van der Waals surface area (Å²) in [4.78, 5) is 8.55. The molecule has 0 bridgehead atoms. The summed E-state index contributed by atoms with van der Waals surface area (Å²) >= 11 is 0. The molecule has 0 saturated carbocycles. The van der Waals surface area contributed by atoms with Crippen LogP contribution in [0.25, 0.3) is 22.4 Å². The van der Waals surface area contributed by atoms with E-state index in [0.29, 0.717) is 6.42 Å². The van der Waals surface area contributed by atoms with E-state index in [1.807, 2.05) is 6.07 Å². The first kappa shape index (κ1) is 24.1. The van der Waals surface area contributed by atoms with Crippen LogP contribution >= 0.6 is 0 Å². The molecular weight excluding hydrogens is 528 g/mol. The number of aryl methyl sites for hydroxylation is 2. The van der Waals surface area contributed by atoms with E-state index >= 15 is 0 Å². The largest absolute Gasteiger partial charge is 0.393 e. The van der Waals surface area contributed by atoms with Crippen LogP contribution in [0.3, 0.4) is 0 Å². The number of hydrogen-bond donors (Lipinski definition) is 2. The smallest absolute Gasteiger partial charge is 0.0536 e. The van der Waals surface area contributed by atoms with E-state index in [4.69, 9.17) is 10.2 Å². The van der Waals surface area contributed by atoms with Crippen molar-refractivity contribution in [2.24, 2.45) is 0 Å². The molecule has 1 radical (unpaired) electrons. The molecule has 3 aromatic rings. The van der Waals surface area contributed by atoms with E-state index in [9.17, 15) is 0 Å².